The Kier molecular flexibility index (Phi) is 6.17. The van der Waals surface area contributed by atoms with E-state index in [9.17, 15) is 9.59 Å². The molecule has 1 aliphatic heterocycles. The molecule has 0 fully saturated rings. The van der Waals surface area contributed by atoms with E-state index < -0.39 is 11.9 Å². The number of ether oxygens (including phenoxy) is 3. The van der Waals surface area contributed by atoms with Crippen LogP contribution >= 0.6 is 0 Å². The van der Waals surface area contributed by atoms with Crippen LogP contribution in [0.1, 0.15) is 22.7 Å². The van der Waals surface area contributed by atoms with Crippen molar-refractivity contribution in [3.8, 4) is 11.5 Å². The van der Waals surface area contributed by atoms with Crippen LogP contribution in [-0.2, 0) is 16.1 Å². The van der Waals surface area contributed by atoms with Gasteiger partial charge in [-0.05, 0) is 24.6 Å². The first-order valence-electron chi connectivity index (χ1n) is 9.71. The summed E-state index contributed by atoms with van der Waals surface area (Å²) in [5.41, 5.74) is 7.81. The number of hydrogen-bond donors (Lipinski definition) is 2. The minimum absolute atomic E-state index is 0.0727. The number of esters is 1. The Bertz CT molecular complexity index is 1060. The summed E-state index contributed by atoms with van der Waals surface area (Å²) in [6, 6.07) is 8.99. The quantitative estimate of drug-likeness (QED) is 0.655. The van der Waals surface area contributed by atoms with Crippen molar-refractivity contribution >= 4 is 5.97 Å². The zero-order chi connectivity index (χ0) is 22.0. The lowest BCUT2D eigenvalue weighted by molar-refractivity contribution is -0.858. The number of carbonyl (C=O) groups excluding carboxylic acids is 1. The number of nitrogens with zero attached hydrogens (tertiary/aromatic N) is 1. The van der Waals surface area contributed by atoms with Gasteiger partial charge in [-0.2, -0.15) is 0 Å². The molecular weight excluding hydrogens is 386 g/mol. The van der Waals surface area contributed by atoms with Crippen LogP contribution in [-0.4, -0.2) is 45.4 Å². The molecule has 160 valence electrons. The van der Waals surface area contributed by atoms with Crippen molar-refractivity contribution in [2.24, 2.45) is 5.73 Å². The number of nitrogens with one attached hydrogen (secondary N) is 1. The van der Waals surface area contributed by atoms with E-state index in [4.69, 9.17) is 19.9 Å². The number of nitrogens with two attached hydrogens (primary N) is 1. The largest absolute Gasteiger partial charge is 0.497 e. The Morgan fingerprint density at radius 1 is 1.27 bits per heavy atom. The maximum atomic E-state index is 13.6. The summed E-state index contributed by atoms with van der Waals surface area (Å²) < 4.78 is 17.7. The van der Waals surface area contributed by atoms with Crippen LogP contribution in [0.4, 0.5) is 0 Å². The fourth-order valence-corrected chi connectivity index (χ4v) is 3.66. The third-order valence-corrected chi connectivity index (χ3v) is 5.24. The molecule has 8 heteroatoms. The van der Waals surface area contributed by atoms with Gasteiger partial charge in [0.05, 0.1) is 52.9 Å². The van der Waals surface area contributed by atoms with E-state index in [1.54, 1.807) is 35.9 Å². The van der Waals surface area contributed by atoms with E-state index in [0.717, 1.165) is 12.2 Å². The number of benzene rings is 1. The van der Waals surface area contributed by atoms with Crippen LogP contribution in [0.2, 0.25) is 0 Å². The number of likely N-dealkylation sites (N-methyl/N-ethyl adjacent to an activating group) is 1. The number of methoxy groups -OCH3 is 2. The number of carbonyl (C=O) groups is 1. The van der Waals surface area contributed by atoms with Crippen LogP contribution in [0.15, 0.2) is 46.6 Å². The summed E-state index contributed by atoms with van der Waals surface area (Å²) in [5, 5.41) is 0. The van der Waals surface area contributed by atoms with Crippen molar-refractivity contribution in [1.82, 2.24) is 4.57 Å². The molecular formula is C22H28N3O5+. The van der Waals surface area contributed by atoms with Crippen molar-refractivity contribution < 1.29 is 23.9 Å². The molecule has 2 heterocycles. The highest BCUT2D eigenvalue weighted by atomic mass is 16.5. The molecule has 0 spiro atoms. The summed E-state index contributed by atoms with van der Waals surface area (Å²) in [6.07, 6.45) is 0. The van der Waals surface area contributed by atoms with Gasteiger partial charge in [0.1, 0.15) is 17.1 Å². The normalized spacial score (nSPS) is 15.6. The Morgan fingerprint density at radius 2 is 2.00 bits per heavy atom. The zero-order valence-electron chi connectivity index (χ0n) is 17.9. The molecule has 30 heavy (non-hydrogen) atoms. The highest BCUT2D eigenvalue weighted by Gasteiger charge is 2.38. The Labute approximate surface area is 175 Å². The van der Waals surface area contributed by atoms with Gasteiger partial charge in [0, 0.05) is 11.8 Å². The van der Waals surface area contributed by atoms with Crippen molar-refractivity contribution in [2.75, 3.05) is 34.9 Å². The lowest BCUT2D eigenvalue weighted by Crippen LogP contribution is -3.06. The molecule has 1 aliphatic rings. The molecule has 3 N–H and O–H groups in total. The fourth-order valence-electron chi connectivity index (χ4n) is 3.66. The highest BCUT2D eigenvalue weighted by molar-refractivity contribution is 5.92. The van der Waals surface area contributed by atoms with Gasteiger partial charge in [0.2, 0.25) is 5.88 Å². The highest BCUT2D eigenvalue weighted by Crippen LogP contribution is 2.41. The minimum Gasteiger partial charge on any atom is -0.497 e. The third kappa shape index (κ3) is 3.91. The molecule has 8 nitrogen and oxygen atoms in total. The number of pyridine rings is 1. The van der Waals surface area contributed by atoms with Gasteiger partial charge in [0.25, 0.3) is 5.56 Å². The zero-order valence-corrected chi connectivity index (χ0v) is 17.9. The molecule has 0 radical (unpaired) electrons. The lowest BCUT2D eigenvalue weighted by atomic mass is 9.83. The summed E-state index contributed by atoms with van der Waals surface area (Å²) in [7, 11) is 6.88. The first-order chi connectivity index (χ1) is 14.3. The molecule has 0 saturated heterocycles. The fraction of sp³-hybridized carbons (Fsp3) is 0.364. The second kappa shape index (κ2) is 8.62. The molecule has 0 unspecified atom stereocenters. The summed E-state index contributed by atoms with van der Waals surface area (Å²) in [4.78, 5) is 27.4. The van der Waals surface area contributed by atoms with Crippen molar-refractivity contribution in [1.29, 1.82) is 0 Å². The summed E-state index contributed by atoms with van der Waals surface area (Å²) in [6.45, 7) is 3.16. The molecule has 2 aromatic rings. The van der Waals surface area contributed by atoms with E-state index in [-0.39, 0.29) is 17.0 Å². The molecule has 0 amide bonds. The molecule has 0 aliphatic carbocycles. The van der Waals surface area contributed by atoms with Gasteiger partial charge in [0.15, 0.2) is 0 Å². The van der Waals surface area contributed by atoms with Crippen LogP contribution in [0.5, 0.6) is 11.5 Å². The monoisotopic (exact) mass is 414 g/mol. The van der Waals surface area contributed by atoms with Crippen molar-refractivity contribution in [3.05, 3.63) is 69.0 Å². The number of rotatable bonds is 6. The molecule has 1 aromatic heterocycles. The molecule has 1 aromatic carbocycles. The summed E-state index contributed by atoms with van der Waals surface area (Å²) in [5.74, 6) is -0.495. The van der Waals surface area contributed by atoms with Crippen molar-refractivity contribution in [3.63, 3.8) is 0 Å². The van der Waals surface area contributed by atoms with E-state index in [2.05, 4.69) is 0 Å². The molecule has 3 rings (SSSR count). The van der Waals surface area contributed by atoms with Gasteiger partial charge >= 0.3 is 5.97 Å². The minimum atomic E-state index is -0.734. The van der Waals surface area contributed by atoms with Crippen LogP contribution in [0.25, 0.3) is 0 Å². The van der Waals surface area contributed by atoms with E-state index >= 15 is 0 Å². The molecule has 1 atom stereocenters. The third-order valence-electron chi connectivity index (χ3n) is 5.24. The predicted molar refractivity (Wildman–Crippen MR) is 112 cm³/mol. The first-order valence-corrected chi connectivity index (χ1v) is 9.71. The van der Waals surface area contributed by atoms with Gasteiger partial charge < -0.3 is 29.4 Å². The Hall–Kier alpha value is -3.26. The SMILES string of the molecule is COC(=O)C1=C(N)Oc2cc(C)n(CC[NH+](C)C)c(=O)c2[C@H]1c1cccc(OC)c1. The van der Waals surface area contributed by atoms with E-state index in [0.29, 0.717) is 29.2 Å². The van der Waals surface area contributed by atoms with Gasteiger partial charge in [-0.25, -0.2) is 4.79 Å². The van der Waals surface area contributed by atoms with Gasteiger partial charge in [-0.1, -0.05) is 12.1 Å². The average Bonchev–Trinajstić information content (AvgIpc) is 2.71. The maximum Gasteiger partial charge on any atom is 0.340 e. The second-order valence-corrected chi connectivity index (χ2v) is 7.56. The average molecular weight is 414 g/mol. The number of fused-ring (bicyclic) bond motifs is 1. The number of quaternary nitrogens is 1. The molecule has 0 bridgehead atoms. The van der Waals surface area contributed by atoms with Gasteiger partial charge in [-0.3, -0.25) is 4.79 Å². The number of aromatic nitrogens is 1. The molecule has 0 saturated carbocycles. The number of aryl methyl sites for hydroxylation is 1. The van der Waals surface area contributed by atoms with E-state index in [1.165, 1.54) is 12.0 Å². The lowest BCUT2D eigenvalue weighted by Gasteiger charge is -2.29. The standard InChI is InChI=1S/C22H27N3O5/c1-13-11-16-18(21(26)25(13)10-9-24(2)3)17(14-7-6-8-15(12-14)28-4)19(20(23)30-16)22(27)29-5/h6-8,11-12,17H,9-10,23H2,1-5H3/p+1/t17-/m1/s1. The van der Waals surface area contributed by atoms with Crippen molar-refractivity contribution in [2.45, 2.75) is 19.4 Å². The number of hydrogen-bond acceptors (Lipinski definition) is 6. The van der Waals surface area contributed by atoms with E-state index in [1.807, 2.05) is 27.1 Å². The topological polar surface area (TPSA) is 97.2 Å². The Balaban J connectivity index is 2.27. The smallest absolute Gasteiger partial charge is 0.340 e. The van der Waals surface area contributed by atoms with Crippen LogP contribution in [0.3, 0.4) is 0 Å². The first kappa shape index (κ1) is 21.4. The van der Waals surface area contributed by atoms with Gasteiger partial charge in [-0.15, -0.1) is 0 Å². The van der Waals surface area contributed by atoms with Crippen LogP contribution in [0, 0.1) is 6.92 Å². The predicted octanol–water partition coefficient (Wildman–Crippen LogP) is 0.177. The van der Waals surface area contributed by atoms with Crippen LogP contribution < -0.4 is 25.7 Å². The summed E-state index contributed by atoms with van der Waals surface area (Å²) >= 11 is 0. The second-order valence-electron chi connectivity index (χ2n) is 7.56. The Morgan fingerprint density at radius 3 is 2.63 bits per heavy atom. The maximum absolute atomic E-state index is 13.6.